The van der Waals surface area contributed by atoms with Gasteiger partial charge in [0.25, 0.3) is 5.91 Å². The summed E-state index contributed by atoms with van der Waals surface area (Å²) < 4.78 is 0. The van der Waals surface area contributed by atoms with Crippen molar-refractivity contribution in [1.82, 2.24) is 20.3 Å². The molecule has 0 fully saturated rings. The second-order valence-corrected chi connectivity index (χ2v) is 7.45. The Kier molecular flexibility index (Phi) is 4.28. The smallest absolute Gasteiger partial charge is 0.261 e. The van der Waals surface area contributed by atoms with E-state index in [1.54, 1.807) is 12.4 Å². The fourth-order valence-electron chi connectivity index (χ4n) is 3.12. The molecule has 1 aliphatic rings. The Balaban J connectivity index is 1.59. The second-order valence-electron chi connectivity index (χ2n) is 6.17. The molecule has 1 N–H and O–H groups in total. The number of nitrogens with one attached hydrogen (secondary N) is 1. The molecule has 0 aromatic carbocycles. The van der Waals surface area contributed by atoms with Crippen molar-refractivity contribution >= 4 is 17.2 Å². The van der Waals surface area contributed by atoms with Crippen LogP contribution in [0.15, 0.2) is 42.9 Å². The van der Waals surface area contributed by atoms with Crippen LogP contribution in [0, 0.1) is 6.92 Å². The van der Waals surface area contributed by atoms with Crippen molar-refractivity contribution in [3.63, 3.8) is 0 Å². The van der Waals surface area contributed by atoms with Crippen molar-refractivity contribution in [3.8, 4) is 11.4 Å². The molecular formula is C19H18N4OS. The standard InChI is InChI=1S/C19H18N4OS/c1-12-7-8-17(25-12)19(24)23-16-6-2-5-15-14(16)11-21-18(22-15)13-4-3-9-20-10-13/h3-4,7-11,16H,2,5-6H2,1H3,(H,23,24). The average molecular weight is 350 g/mol. The van der Waals surface area contributed by atoms with E-state index in [0.29, 0.717) is 5.82 Å². The number of thiophene rings is 1. The first kappa shape index (κ1) is 15.9. The predicted octanol–water partition coefficient (Wildman–Crippen LogP) is 3.72. The number of carbonyl (C=O) groups is 1. The first-order valence-electron chi connectivity index (χ1n) is 8.34. The van der Waals surface area contributed by atoms with E-state index in [4.69, 9.17) is 4.98 Å². The minimum atomic E-state index is -0.0263. The van der Waals surface area contributed by atoms with Gasteiger partial charge in [-0.3, -0.25) is 9.78 Å². The summed E-state index contributed by atoms with van der Waals surface area (Å²) in [5.41, 5.74) is 2.96. The lowest BCUT2D eigenvalue weighted by Gasteiger charge is -2.25. The van der Waals surface area contributed by atoms with Gasteiger partial charge in [-0.1, -0.05) is 0 Å². The SMILES string of the molecule is Cc1ccc(C(=O)NC2CCCc3nc(-c4cccnc4)ncc32)s1. The normalized spacial score (nSPS) is 16.3. The van der Waals surface area contributed by atoms with E-state index in [9.17, 15) is 4.79 Å². The lowest BCUT2D eigenvalue weighted by atomic mass is 9.92. The highest BCUT2D eigenvalue weighted by Crippen LogP contribution is 2.30. The van der Waals surface area contributed by atoms with Crippen LogP contribution < -0.4 is 5.32 Å². The van der Waals surface area contributed by atoms with Crippen molar-refractivity contribution < 1.29 is 4.79 Å². The quantitative estimate of drug-likeness (QED) is 0.782. The van der Waals surface area contributed by atoms with Crippen LogP contribution >= 0.6 is 11.3 Å². The van der Waals surface area contributed by atoms with Crippen molar-refractivity contribution in [3.05, 3.63) is 63.9 Å². The van der Waals surface area contributed by atoms with Gasteiger partial charge >= 0.3 is 0 Å². The lowest BCUT2D eigenvalue weighted by Crippen LogP contribution is -2.31. The Labute approximate surface area is 150 Å². The maximum absolute atomic E-state index is 12.5. The summed E-state index contributed by atoms with van der Waals surface area (Å²) in [4.78, 5) is 27.7. The summed E-state index contributed by atoms with van der Waals surface area (Å²) in [7, 11) is 0. The number of aromatic nitrogens is 3. The van der Waals surface area contributed by atoms with Crippen LogP contribution in [0.5, 0.6) is 0 Å². The highest BCUT2D eigenvalue weighted by molar-refractivity contribution is 7.13. The van der Waals surface area contributed by atoms with E-state index in [0.717, 1.165) is 45.8 Å². The molecule has 4 rings (SSSR count). The monoisotopic (exact) mass is 350 g/mol. The lowest BCUT2D eigenvalue weighted by molar-refractivity contribution is 0.0936. The summed E-state index contributed by atoms with van der Waals surface area (Å²) >= 11 is 1.52. The average Bonchev–Trinajstić information content (AvgIpc) is 3.09. The Morgan fingerprint density at radius 3 is 2.96 bits per heavy atom. The topological polar surface area (TPSA) is 67.8 Å². The van der Waals surface area contributed by atoms with E-state index >= 15 is 0 Å². The third-order valence-corrected chi connectivity index (χ3v) is 5.37. The Morgan fingerprint density at radius 1 is 1.28 bits per heavy atom. The van der Waals surface area contributed by atoms with Gasteiger partial charge in [0.05, 0.1) is 10.9 Å². The molecule has 0 spiro atoms. The molecule has 3 aromatic heterocycles. The summed E-state index contributed by atoms with van der Waals surface area (Å²) in [6.45, 7) is 2.01. The molecule has 6 heteroatoms. The van der Waals surface area contributed by atoms with Gasteiger partial charge in [0.15, 0.2) is 5.82 Å². The third-order valence-electron chi connectivity index (χ3n) is 4.37. The highest BCUT2D eigenvalue weighted by atomic mass is 32.1. The van der Waals surface area contributed by atoms with Gasteiger partial charge in [0.1, 0.15) is 0 Å². The Morgan fingerprint density at radius 2 is 2.20 bits per heavy atom. The van der Waals surface area contributed by atoms with Crippen molar-refractivity contribution in [1.29, 1.82) is 0 Å². The van der Waals surface area contributed by atoms with E-state index in [-0.39, 0.29) is 11.9 Å². The minimum Gasteiger partial charge on any atom is -0.344 e. The number of rotatable bonds is 3. The number of hydrogen-bond donors (Lipinski definition) is 1. The molecule has 3 aromatic rings. The van der Waals surface area contributed by atoms with E-state index in [1.165, 1.54) is 11.3 Å². The van der Waals surface area contributed by atoms with Gasteiger partial charge in [-0.15, -0.1) is 11.3 Å². The molecule has 1 unspecified atom stereocenters. The molecule has 126 valence electrons. The maximum Gasteiger partial charge on any atom is 0.261 e. The largest absolute Gasteiger partial charge is 0.344 e. The minimum absolute atomic E-state index is 0.0210. The summed E-state index contributed by atoms with van der Waals surface area (Å²) in [6, 6.07) is 7.65. The first-order chi connectivity index (χ1) is 12.2. The zero-order valence-electron chi connectivity index (χ0n) is 13.9. The molecule has 5 nitrogen and oxygen atoms in total. The van der Waals surface area contributed by atoms with Crippen LogP contribution in [0.25, 0.3) is 11.4 Å². The molecule has 0 bridgehead atoms. The summed E-state index contributed by atoms with van der Waals surface area (Å²) in [5, 5.41) is 3.14. The number of aryl methyl sites for hydroxylation is 2. The zero-order chi connectivity index (χ0) is 17.2. The Hall–Kier alpha value is -2.60. The molecular weight excluding hydrogens is 332 g/mol. The van der Waals surface area contributed by atoms with Gasteiger partial charge in [-0.05, 0) is 50.5 Å². The fraction of sp³-hybridized carbons (Fsp3) is 0.263. The number of hydrogen-bond acceptors (Lipinski definition) is 5. The van der Waals surface area contributed by atoms with Crippen LogP contribution in [0.3, 0.4) is 0 Å². The van der Waals surface area contributed by atoms with Crippen molar-refractivity contribution in [2.24, 2.45) is 0 Å². The molecule has 3 heterocycles. The van der Waals surface area contributed by atoms with Crippen LogP contribution in [0.4, 0.5) is 0 Å². The summed E-state index contributed by atoms with van der Waals surface area (Å²) in [6.07, 6.45) is 8.19. The zero-order valence-corrected chi connectivity index (χ0v) is 14.7. The van der Waals surface area contributed by atoms with Crippen molar-refractivity contribution in [2.45, 2.75) is 32.2 Å². The van der Waals surface area contributed by atoms with Gasteiger partial charge in [-0.25, -0.2) is 9.97 Å². The maximum atomic E-state index is 12.5. The molecule has 1 atom stereocenters. The predicted molar refractivity (Wildman–Crippen MR) is 97.5 cm³/mol. The van der Waals surface area contributed by atoms with Crippen LogP contribution in [-0.2, 0) is 6.42 Å². The Bertz CT molecular complexity index is 907. The van der Waals surface area contributed by atoms with Gasteiger partial charge in [0, 0.05) is 40.3 Å². The number of nitrogens with zero attached hydrogens (tertiary/aromatic N) is 3. The number of carbonyl (C=O) groups excluding carboxylic acids is 1. The molecule has 0 saturated heterocycles. The van der Waals surface area contributed by atoms with E-state index in [2.05, 4.69) is 15.3 Å². The molecule has 1 amide bonds. The molecule has 25 heavy (non-hydrogen) atoms. The summed E-state index contributed by atoms with van der Waals surface area (Å²) in [5.74, 6) is 0.667. The highest BCUT2D eigenvalue weighted by Gasteiger charge is 2.24. The third kappa shape index (κ3) is 3.30. The van der Waals surface area contributed by atoms with Crippen LogP contribution in [0.2, 0.25) is 0 Å². The van der Waals surface area contributed by atoms with E-state index in [1.807, 2.05) is 37.4 Å². The van der Waals surface area contributed by atoms with E-state index < -0.39 is 0 Å². The molecule has 0 aliphatic heterocycles. The van der Waals surface area contributed by atoms with Gasteiger partial charge in [-0.2, -0.15) is 0 Å². The van der Waals surface area contributed by atoms with Gasteiger partial charge < -0.3 is 5.32 Å². The number of amides is 1. The van der Waals surface area contributed by atoms with Crippen LogP contribution in [0.1, 0.15) is 44.7 Å². The molecule has 0 saturated carbocycles. The first-order valence-corrected chi connectivity index (χ1v) is 9.16. The fourth-order valence-corrected chi connectivity index (χ4v) is 3.89. The molecule has 1 aliphatic carbocycles. The molecule has 0 radical (unpaired) electrons. The van der Waals surface area contributed by atoms with Crippen LogP contribution in [-0.4, -0.2) is 20.9 Å². The van der Waals surface area contributed by atoms with Gasteiger partial charge in [0.2, 0.25) is 0 Å². The second kappa shape index (κ2) is 6.72. The number of fused-ring (bicyclic) bond motifs is 1. The van der Waals surface area contributed by atoms with Crippen molar-refractivity contribution in [2.75, 3.05) is 0 Å². The number of pyridine rings is 1.